The summed E-state index contributed by atoms with van der Waals surface area (Å²) >= 11 is 0. The second-order valence-electron chi connectivity index (χ2n) is 8.88. The van der Waals surface area contributed by atoms with Gasteiger partial charge in [-0.25, -0.2) is 8.78 Å². The number of rotatable bonds is 9. The molecule has 1 aliphatic carbocycles. The minimum Gasteiger partial charge on any atom is -0.423 e. The number of carbonyl (C=O) groups is 1. The molecule has 1 saturated carbocycles. The second kappa shape index (κ2) is 11.2. The highest BCUT2D eigenvalue weighted by molar-refractivity contribution is 6.58. The van der Waals surface area contributed by atoms with Crippen LogP contribution in [-0.2, 0) is 16.8 Å². The maximum absolute atomic E-state index is 13.6. The fourth-order valence-corrected chi connectivity index (χ4v) is 4.69. The zero-order valence-corrected chi connectivity index (χ0v) is 18.7. The van der Waals surface area contributed by atoms with Crippen molar-refractivity contribution < 1.29 is 28.7 Å². The average Bonchev–Trinajstić information content (AvgIpc) is 2.77. The topological polar surface area (TPSA) is 102 Å². The van der Waals surface area contributed by atoms with Crippen LogP contribution in [-0.4, -0.2) is 46.9 Å². The smallest absolute Gasteiger partial charge is 0.423 e. The molecule has 5 N–H and O–H groups in total. The largest absolute Gasteiger partial charge is 0.488 e. The van der Waals surface area contributed by atoms with E-state index in [9.17, 15) is 28.7 Å². The van der Waals surface area contributed by atoms with Gasteiger partial charge in [0.25, 0.3) is 0 Å². The standard InChI is InChI=1S/C24H31BF2N2O4/c1-16(30)29-22(12-17-10-20(26)14-21(27)11-17)23(31)15-28-24(8-3-2-4-9-24)18-6-5-7-19(13-18)25(32)33/h5-7,10-11,13-14,22-23,28,31-33H,2-4,8-9,12,15H2,1H3,(H,29,30). The minimum absolute atomic E-state index is 0.0658. The van der Waals surface area contributed by atoms with Crippen LogP contribution in [0.5, 0.6) is 0 Å². The quantitative estimate of drug-likeness (QED) is 0.365. The number of halogens is 2. The number of carbonyl (C=O) groups excluding carboxylic acids is 1. The maximum atomic E-state index is 13.6. The van der Waals surface area contributed by atoms with E-state index in [1.54, 1.807) is 18.2 Å². The first kappa shape index (κ1) is 25.3. The van der Waals surface area contributed by atoms with Gasteiger partial charge in [-0.05, 0) is 48.0 Å². The van der Waals surface area contributed by atoms with Crippen molar-refractivity contribution in [2.45, 2.75) is 63.1 Å². The van der Waals surface area contributed by atoms with Crippen molar-refractivity contribution in [1.82, 2.24) is 10.6 Å². The number of aliphatic hydroxyl groups is 1. The first-order chi connectivity index (χ1) is 15.7. The SMILES string of the molecule is CC(=O)NC(Cc1cc(F)cc(F)c1)C(O)CNC1(c2cccc(B(O)O)c2)CCCCC1. The summed E-state index contributed by atoms with van der Waals surface area (Å²) in [5, 5.41) is 36.3. The van der Waals surface area contributed by atoms with E-state index < -0.39 is 36.4 Å². The fraction of sp³-hybridized carbons (Fsp3) is 0.458. The van der Waals surface area contributed by atoms with Gasteiger partial charge >= 0.3 is 7.12 Å². The molecule has 0 radical (unpaired) electrons. The molecule has 0 spiro atoms. The van der Waals surface area contributed by atoms with Crippen LogP contribution in [0.25, 0.3) is 0 Å². The summed E-state index contributed by atoms with van der Waals surface area (Å²) in [5.41, 5.74) is 1.17. The lowest BCUT2D eigenvalue weighted by molar-refractivity contribution is -0.120. The highest BCUT2D eigenvalue weighted by Crippen LogP contribution is 2.37. The Balaban J connectivity index is 1.78. The molecule has 0 bridgehead atoms. The van der Waals surface area contributed by atoms with Crippen LogP contribution in [0.15, 0.2) is 42.5 Å². The van der Waals surface area contributed by atoms with Crippen LogP contribution in [0.3, 0.4) is 0 Å². The van der Waals surface area contributed by atoms with Gasteiger partial charge in [-0.2, -0.15) is 0 Å². The van der Waals surface area contributed by atoms with Crippen LogP contribution >= 0.6 is 0 Å². The molecule has 1 fully saturated rings. The molecule has 33 heavy (non-hydrogen) atoms. The minimum atomic E-state index is -1.58. The molecule has 1 amide bonds. The van der Waals surface area contributed by atoms with Gasteiger partial charge in [0.2, 0.25) is 5.91 Å². The normalized spacial score (nSPS) is 17.3. The van der Waals surface area contributed by atoms with E-state index in [0.29, 0.717) is 11.0 Å². The van der Waals surface area contributed by atoms with Crippen molar-refractivity contribution >= 4 is 18.5 Å². The van der Waals surface area contributed by atoms with Crippen LogP contribution in [0.2, 0.25) is 0 Å². The molecular formula is C24H31BF2N2O4. The Labute approximate surface area is 193 Å². The number of aliphatic hydroxyl groups excluding tert-OH is 1. The predicted octanol–water partition coefficient (Wildman–Crippen LogP) is 1.50. The van der Waals surface area contributed by atoms with Gasteiger partial charge < -0.3 is 25.8 Å². The third kappa shape index (κ3) is 6.83. The monoisotopic (exact) mass is 460 g/mol. The van der Waals surface area contributed by atoms with Gasteiger partial charge in [0.1, 0.15) is 11.6 Å². The lowest BCUT2D eigenvalue weighted by atomic mass is 9.72. The lowest BCUT2D eigenvalue weighted by Gasteiger charge is -2.40. The molecule has 0 saturated heterocycles. The van der Waals surface area contributed by atoms with Crippen molar-refractivity contribution in [3.8, 4) is 0 Å². The van der Waals surface area contributed by atoms with E-state index in [1.165, 1.54) is 19.1 Å². The number of hydrogen-bond acceptors (Lipinski definition) is 5. The Bertz CT molecular complexity index is 934. The first-order valence-corrected chi connectivity index (χ1v) is 11.3. The van der Waals surface area contributed by atoms with Crippen molar-refractivity contribution in [1.29, 1.82) is 0 Å². The molecule has 178 valence electrons. The van der Waals surface area contributed by atoms with E-state index in [4.69, 9.17) is 0 Å². The zero-order chi connectivity index (χ0) is 24.0. The van der Waals surface area contributed by atoms with E-state index in [0.717, 1.165) is 43.7 Å². The van der Waals surface area contributed by atoms with Crippen molar-refractivity contribution in [3.63, 3.8) is 0 Å². The number of benzene rings is 2. The van der Waals surface area contributed by atoms with Crippen molar-refractivity contribution in [3.05, 3.63) is 65.2 Å². The van der Waals surface area contributed by atoms with E-state index >= 15 is 0 Å². The van der Waals surface area contributed by atoms with Crippen LogP contribution < -0.4 is 16.1 Å². The summed E-state index contributed by atoms with van der Waals surface area (Å²) in [4.78, 5) is 11.7. The third-order valence-electron chi connectivity index (χ3n) is 6.33. The Morgan fingerprint density at radius 2 is 1.76 bits per heavy atom. The van der Waals surface area contributed by atoms with E-state index in [2.05, 4.69) is 10.6 Å². The third-order valence-corrected chi connectivity index (χ3v) is 6.33. The number of amides is 1. The molecule has 2 atom stereocenters. The Kier molecular flexibility index (Phi) is 8.59. The summed E-state index contributed by atoms with van der Waals surface area (Å²) < 4.78 is 27.2. The summed E-state index contributed by atoms with van der Waals surface area (Å²) in [6.07, 6.45) is 3.71. The van der Waals surface area contributed by atoms with Crippen molar-refractivity contribution in [2.24, 2.45) is 0 Å². The molecule has 2 unspecified atom stereocenters. The Morgan fingerprint density at radius 3 is 2.36 bits per heavy atom. The zero-order valence-electron chi connectivity index (χ0n) is 18.7. The van der Waals surface area contributed by atoms with Gasteiger partial charge in [0, 0.05) is 25.1 Å². The molecule has 0 aliphatic heterocycles. The summed E-state index contributed by atoms with van der Waals surface area (Å²) in [6, 6.07) is 9.51. The predicted molar refractivity (Wildman–Crippen MR) is 123 cm³/mol. The molecule has 6 nitrogen and oxygen atoms in total. The molecule has 3 rings (SSSR count). The molecule has 2 aromatic carbocycles. The van der Waals surface area contributed by atoms with E-state index in [1.807, 2.05) is 6.07 Å². The molecule has 9 heteroatoms. The van der Waals surface area contributed by atoms with Gasteiger partial charge in [0.15, 0.2) is 0 Å². The van der Waals surface area contributed by atoms with E-state index in [-0.39, 0.29) is 18.9 Å². The lowest BCUT2D eigenvalue weighted by Crippen LogP contribution is -2.53. The van der Waals surface area contributed by atoms with Crippen LogP contribution in [0, 0.1) is 11.6 Å². The molecule has 1 aliphatic rings. The maximum Gasteiger partial charge on any atom is 0.488 e. The molecular weight excluding hydrogens is 429 g/mol. The summed E-state index contributed by atoms with van der Waals surface area (Å²) in [5.74, 6) is -1.79. The van der Waals surface area contributed by atoms with Gasteiger partial charge in [-0.3, -0.25) is 4.79 Å². The molecule has 0 heterocycles. The fourth-order valence-electron chi connectivity index (χ4n) is 4.69. The highest BCUT2D eigenvalue weighted by atomic mass is 19.1. The van der Waals surface area contributed by atoms with Crippen LogP contribution in [0.1, 0.15) is 50.2 Å². The van der Waals surface area contributed by atoms with Gasteiger partial charge in [0.05, 0.1) is 12.1 Å². The summed E-state index contributed by atoms with van der Waals surface area (Å²) in [7, 11) is -1.58. The van der Waals surface area contributed by atoms with Crippen molar-refractivity contribution in [2.75, 3.05) is 6.54 Å². The molecule has 0 aromatic heterocycles. The second-order valence-corrected chi connectivity index (χ2v) is 8.88. The number of nitrogens with one attached hydrogen (secondary N) is 2. The highest BCUT2D eigenvalue weighted by Gasteiger charge is 2.35. The molecule has 2 aromatic rings. The summed E-state index contributed by atoms with van der Waals surface area (Å²) in [6.45, 7) is 1.46. The van der Waals surface area contributed by atoms with Gasteiger partial charge in [-0.15, -0.1) is 0 Å². The first-order valence-electron chi connectivity index (χ1n) is 11.3. The van der Waals surface area contributed by atoms with Gasteiger partial charge in [-0.1, -0.05) is 43.5 Å². The Morgan fingerprint density at radius 1 is 1.09 bits per heavy atom. The Hall–Kier alpha value is -2.33. The average molecular weight is 460 g/mol. The van der Waals surface area contributed by atoms with Crippen LogP contribution in [0.4, 0.5) is 8.78 Å². The number of hydrogen-bond donors (Lipinski definition) is 5.